The molecule has 2 rings (SSSR count). The summed E-state index contributed by atoms with van der Waals surface area (Å²) < 4.78 is 12.3. The lowest BCUT2D eigenvalue weighted by Crippen LogP contribution is -2.28. The number of hydrogen-bond donors (Lipinski definition) is 1. The van der Waals surface area contributed by atoms with Crippen LogP contribution in [0.1, 0.15) is 58.3 Å². The van der Waals surface area contributed by atoms with Gasteiger partial charge in [-0.3, -0.25) is 9.00 Å². The minimum Gasteiger partial charge on any atom is -0.481 e. The fourth-order valence-corrected chi connectivity index (χ4v) is 5.12. The van der Waals surface area contributed by atoms with Crippen molar-refractivity contribution < 1.29 is 14.1 Å². The monoisotopic (exact) mass is 272 g/mol. The second-order valence-corrected chi connectivity index (χ2v) is 7.86. The molecule has 1 N–H and O–H groups in total. The summed E-state index contributed by atoms with van der Waals surface area (Å²) in [6.07, 6.45) is 7.93. The van der Waals surface area contributed by atoms with Crippen LogP contribution < -0.4 is 0 Å². The molecule has 104 valence electrons. The molecule has 1 unspecified atom stereocenters. The van der Waals surface area contributed by atoms with Gasteiger partial charge in [0.25, 0.3) is 0 Å². The van der Waals surface area contributed by atoms with E-state index in [1.54, 1.807) is 0 Å². The van der Waals surface area contributed by atoms with Gasteiger partial charge in [0.05, 0.1) is 6.42 Å². The standard InChI is InChI=1S/C14H24O3S/c1-2-11-3-5-12(6-4-11)18(17)10-14(7-8-14)9-13(15)16/h11-12H,2-10H2,1H3,(H,15,16). The Morgan fingerprint density at radius 3 is 2.33 bits per heavy atom. The van der Waals surface area contributed by atoms with Gasteiger partial charge in [-0.1, -0.05) is 13.3 Å². The van der Waals surface area contributed by atoms with Crippen molar-refractivity contribution >= 4 is 16.8 Å². The van der Waals surface area contributed by atoms with Crippen molar-refractivity contribution in [2.75, 3.05) is 5.75 Å². The summed E-state index contributed by atoms with van der Waals surface area (Å²) in [5.74, 6) is 0.715. The lowest BCUT2D eigenvalue weighted by molar-refractivity contribution is -0.138. The van der Waals surface area contributed by atoms with Crippen molar-refractivity contribution in [2.45, 2.75) is 63.5 Å². The minimum atomic E-state index is -0.810. The lowest BCUT2D eigenvalue weighted by Gasteiger charge is -2.28. The van der Waals surface area contributed by atoms with E-state index >= 15 is 0 Å². The summed E-state index contributed by atoms with van der Waals surface area (Å²) in [7, 11) is -0.810. The zero-order valence-corrected chi connectivity index (χ0v) is 12.0. The zero-order chi connectivity index (χ0) is 13.2. The average Bonchev–Trinajstić information content (AvgIpc) is 3.07. The van der Waals surface area contributed by atoms with Gasteiger partial charge in [-0.2, -0.15) is 0 Å². The highest BCUT2D eigenvalue weighted by Gasteiger charge is 2.46. The van der Waals surface area contributed by atoms with Gasteiger partial charge in [0.1, 0.15) is 0 Å². The molecule has 0 bridgehead atoms. The largest absolute Gasteiger partial charge is 0.481 e. The van der Waals surface area contributed by atoms with Crippen LogP contribution in [0.15, 0.2) is 0 Å². The maximum atomic E-state index is 12.3. The summed E-state index contributed by atoms with van der Waals surface area (Å²) in [6, 6.07) is 0. The molecule has 0 saturated heterocycles. The highest BCUT2D eigenvalue weighted by atomic mass is 32.2. The van der Waals surface area contributed by atoms with Crippen molar-refractivity contribution in [1.29, 1.82) is 0 Å². The van der Waals surface area contributed by atoms with Gasteiger partial charge in [0.15, 0.2) is 0 Å². The molecule has 0 heterocycles. The molecule has 0 aromatic rings. The molecular formula is C14H24O3S. The molecule has 2 saturated carbocycles. The second-order valence-electron chi connectivity index (χ2n) is 6.15. The highest BCUT2D eigenvalue weighted by molar-refractivity contribution is 7.85. The van der Waals surface area contributed by atoms with E-state index in [0.29, 0.717) is 11.0 Å². The number of rotatable bonds is 6. The first-order chi connectivity index (χ1) is 8.54. The first kappa shape index (κ1) is 14.0. The van der Waals surface area contributed by atoms with E-state index in [-0.39, 0.29) is 11.8 Å². The molecule has 18 heavy (non-hydrogen) atoms. The lowest BCUT2D eigenvalue weighted by atomic mass is 9.87. The Kier molecular flexibility index (Phi) is 4.46. The topological polar surface area (TPSA) is 54.4 Å². The summed E-state index contributed by atoms with van der Waals surface area (Å²) in [6.45, 7) is 2.23. The molecule has 2 aliphatic rings. The third-order valence-electron chi connectivity index (χ3n) is 4.67. The van der Waals surface area contributed by atoms with Crippen LogP contribution in [-0.2, 0) is 15.6 Å². The molecule has 2 fully saturated rings. The van der Waals surface area contributed by atoms with Crippen molar-refractivity contribution in [3.05, 3.63) is 0 Å². The van der Waals surface area contributed by atoms with Gasteiger partial charge < -0.3 is 5.11 Å². The molecule has 1 atom stereocenters. The second kappa shape index (κ2) is 5.72. The van der Waals surface area contributed by atoms with Gasteiger partial charge in [-0.25, -0.2) is 0 Å². The molecule has 2 aliphatic carbocycles. The molecule has 0 aromatic heterocycles. The smallest absolute Gasteiger partial charge is 0.303 e. The van der Waals surface area contributed by atoms with E-state index in [2.05, 4.69) is 6.92 Å². The number of carboxylic acid groups (broad SMARTS) is 1. The normalized spacial score (nSPS) is 31.8. The predicted octanol–water partition coefficient (Wildman–Crippen LogP) is 2.96. The van der Waals surface area contributed by atoms with Crippen molar-refractivity contribution in [3.8, 4) is 0 Å². The van der Waals surface area contributed by atoms with E-state index in [0.717, 1.165) is 31.6 Å². The SMILES string of the molecule is CCC1CCC(S(=O)CC2(CC(=O)O)CC2)CC1. The Balaban J connectivity index is 1.80. The average molecular weight is 272 g/mol. The first-order valence-corrected chi connectivity index (χ1v) is 8.52. The Bertz CT molecular complexity index is 328. The molecule has 0 aromatic carbocycles. The molecule has 0 radical (unpaired) electrons. The van der Waals surface area contributed by atoms with E-state index in [9.17, 15) is 9.00 Å². The number of hydrogen-bond acceptors (Lipinski definition) is 2. The summed E-state index contributed by atoms with van der Waals surface area (Å²) in [5, 5.41) is 9.21. The van der Waals surface area contributed by atoms with E-state index < -0.39 is 16.8 Å². The van der Waals surface area contributed by atoms with E-state index in [1.165, 1.54) is 19.3 Å². The number of carboxylic acids is 1. The van der Waals surface area contributed by atoms with Crippen LogP contribution in [-0.4, -0.2) is 26.3 Å². The minimum absolute atomic E-state index is 0.113. The van der Waals surface area contributed by atoms with E-state index in [4.69, 9.17) is 5.11 Å². The van der Waals surface area contributed by atoms with Crippen LogP contribution in [0.4, 0.5) is 0 Å². The predicted molar refractivity (Wildman–Crippen MR) is 73.0 cm³/mol. The third kappa shape index (κ3) is 3.56. The summed E-state index contributed by atoms with van der Waals surface area (Å²) in [5.41, 5.74) is -0.113. The van der Waals surface area contributed by atoms with Gasteiger partial charge in [0, 0.05) is 21.8 Å². The quantitative estimate of drug-likeness (QED) is 0.808. The fraction of sp³-hybridized carbons (Fsp3) is 0.929. The number of aliphatic carboxylic acids is 1. The Morgan fingerprint density at radius 2 is 1.89 bits per heavy atom. The van der Waals surface area contributed by atoms with Crippen LogP contribution >= 0.6 is 0 Å². The van der Waals surface area contributed by atoms with Crippen LogP contribution in [0, 0.1) is 11.3 Å². The van der Waals surface area contributed by atoms with Gasteiger partial charge in [-0.15, -0.1) is 0 Å². The Hall–Kier alpha value is -0.380. The van der Waals surface area contributed by atoms with Crippen molar-refractivity contribution in [3.63, 3.8) is 0 Å². The third-order valence-corrected chi connectivity index (χ3v) is 6.79. The van der Waals surface area contributed by atoms with Crippen LogP contribution in [0.3, 0.4) is 0 Å². The fourth-order valence-electron chi connectivity index (χ4n) is 3.09. The Labute approximate surface area is 112 Å². The number of carbonyl (C=O) groups is 1. The first-order valence-electron chi connectivity index (χ1n) is 7.13. The zero-order valence-electron chi connectivity index (χ0n) is 11.2. The molecule has 0 amide bonds. The molecule has 0 spiro atoms. The van der Waals surface area contributed by atoms with E-state index in [1.807, 2.05) is 0 Å². The molecular weight excluding hydrogens is 248 g/mol. The maximum absolute atomic E-state index is 12.3. The van der Waals surface area contributed by atoms with Crippen LogP contribution in [0.2, 0.25) is 0 Å². The molecule has 3 nitrogen and oxygen atoms in total. The van der Waals surface area contributed by atoms with Gasteiger partial charge in [0.2, 0.25) is 0 Å². The summed E-state index contributed by atoms with van der Waals surface area (Å²) >= 11 is 0. The maximum Gasteiger partial charge on any atom is 0.303 e. The van der Waals surface area contributed by atoms with Crippen LogP contribution in [0.25, 0.3) is 0 Å². The van der Waals surface area contributed by atoms with Gasteiger partial charge >= 0.3 is 5.97 Å². The van der Waals surface area contributed by atoms with Crippen molar-refractivity contribution in [2.24, 2.45) is 11.3 Å². The highest BCUT2D eigenvalue weighted by Crippen LogP contribution is 2.50. The van der Waals surface area contributed by atoms with Gasteiger partial charge in [-0.05, 0) is 49.9 Å². The summed E-state index contributed by atoms with van der Waals surface area (Å²) in [4.78, 5) is 10.8. The molecule has 0 aliphatic heterocycles. The van der Waals surface area contributed by atoms with Crippen LogP contribution in [0.5, 0.6) is 0 Å². The van der Waals surface area contributed by atoms with Crippen molar-refractivity contribution in [1.82, 2.24) is 0 Å². The Morgan fingerprint density at radius 1 is 1.28 bits per heavy atom. The molecule has 4 heteroatoms.